The summed E-state index contributed by atoms with van der Waals surface area (Å²) in [7, 11) is 1.92. The maximum atomic E-state index is 5.81. The molecule has 0 bridgehead atoms. The fourth-order valence-corrected chi connectivity index (χ4v) is 2.71. The molecule has 0 fully saturated rings. The number of hydrogen-bond acceptors (Lipinski definition) is 4. The van der Waals surface area contributed by atoms with E-state index < -0.39 is 0 Å². The molecule has 0 saturated heterocycles. The molecule has 0 aliphatic carbocycles. The lowest BCUT2D eigenvalue weighted by atomic mass is 10.2. The summed E-state index contributed by atoms with van der Waals surface area (Å²) in [5.41, 5.74) is 3.07. The van der Waals surface area contributed by atoms with Gasteiger partial charge in [0.05, 0.1) is 12.2 Å². The topological polar surface area (TPSA) is 57.8 Å². The zero-order valence-corrected chi connectivity index (χ0v) is 11.9. The molecule has 6 nitrogen and oxygen atoms in total. The summed E-state index contributed by atoms with van der Waals surface area (Å²) in [6.07, 6.45) is 0. The smallest absolute Gasteiger partial charge is 0.182 e. The van der Waals surface area contributed by atoms with E-state index in [1.54, 1.807) is 0 Å². The van der Waals surface area contributed by atoms with Crippen molar-refractivity contribution in [1.82, 2.24) is 24.5 Å². The first-order chi connectivity index (χ1) is 10.2. The predicted molar refractivity (Wildman–Crippen MR) is 76.8 cm³/mol. The molecule has 1 aliphatic heterocycles. The fourth-order valence-electron chi connectivity index (χ4n) is 2.71. The van der Waals surface area contributed by atoms with E-state index in [2.05, 4.69) is 25.9 Å². The van der Waals surface area contributed by atoms with Gasteiger partial charge in [-0.1, -0.05) is 18.2 Å². The van der Waals surface area contributed by atoms with Crippen molar-refractivity contribution in [3.63, 3.8) is 0 Å². The third-order valence-corrected chi connectivity index (χ3v) is 3.72. The number of ether oxygens (including phenoxy) is 1. The summed E-state index contributed by atoms with van der Waals surface area (Å²) in [5, 5.41) is 13.0. The third-order valence-electron chi connectivity index (χ3n) is 3.72. The van der Waals surface area contributed by atoms with Crippen LogP contribution in [0.5, 0.6) is 5.75 Å². The Balaban J connectivity index is 1.85. The molecule has 2 aromatic heterocycles. The van der Waals surface area contributed by atoms with Gasteiger partial charge in [-0.25, -0.2) is 0 Å². The van der Waals surface area contributed by atoms with Crippen LogP contribution in [0.1, 0.15) is 17.1 Å². The zero-order chi connectivity index (χ0) is 14.4. The Bertz CT molecular complexity index is 817. The molecule has 3 aromatic rings. The number of hydrogen-bond donors (Lipinski definition) is 0. The van der Waals surface area contributed by atoms with Crippen LogP contribution in [0.25, 0.3) is 11.5 Å². The SMILES string of the molecule is Cc1cc(-c2nnc3n2Cc2ccccc2OC3)n(C)n1. The van der Waals surface area contributed by atoms with E-state index in [1.165, 1.54) is 0 Å². The van der Waals surface area contributed by atoms with Crippen LogP contribution >= 0.6 is 0 Å². The summed E-state index contributed by atoms with van der Waals surface area (Å²) in [6.45, 7) is 3.11. The van der Waals surface area contributed by atoms with E-state index in [0.717, 1.165) is 34.3 Å². The normalized spacial score (nSPS) is 13.2. The first-order valence-electron chi connectivity index (χ1n) is 6.86. The van der Waals surface area contributed by atoms with Crippen molar-refractivity contribution in [2.24, 2.45) is 7.05 Å². The minimum atomic E-state index is 0.431. The predicted octanol–water partition coefficient (Wildman–Crippen LogP) is 1.93. The van der Waals surface area contributed by atoms with Crippen molar-refractivity contribution in [1.29, 1.82) is 0 Å². The van der Waals surface area contributed by atoms with Gasteiger partial charge in [-0.05, 0) is 19.1 Å². The van der Waals surface area contributed by atoms with Gasteiger partial charge in [-0.2, -0.15) is 5.10 Å². The minimum absolute atomic E-state index is 0.431. The molecule has 1 aliphatic rings. The first kappa shape index (κ1) is 12.1. The number of aryl methyl sites for hydroxylation is 2. The molecule has 0 radical (unpaired) electrons. The fraction of sp³-hybridized carbons (Fsp3) is 0.267. The molecule has 106 valence electrons. The van der Waals surface area contributed by atoms with Crippen LogP contribution in [0.2, 0.25) is 0 Å². The van der Waals surface area contributed by atoms with Crippen molar-refractivity contribution >= 4 is 0 Å². The number of rotatable bonds is 1. The van der Waals surface area contributed by atoms with Gasteiger partial charge in [-0.15, -0.1) is 10.2 Å². The van der Waals surface area contributed by atoms with Crippen LogP contribution in [0.3, 0.4) is 0 Å². The number of nitrogens with zero attached hydrogens (tertiary/aromatic N) is 5. The molecule has 0 amide bonds. The Morgan fingerprint density at radius 3 is 2.86 bits per heavy atom. The van der Waals surface area contributed by atoms with Gasteiger partial charge in [0.2, 0.25) is 0 Å². The van der Waals surface area contributed by atoms with E-state index in [9.17, 15) is 0 Å². The van der Waals surface area contributed by atoms with Crippen molar-refractivity contribution in [3.05, 3.63) is 47.4 Å². The monoisotopic (exact) mass is 281 g/mol. The number of fused-ring (bicyclic) bond motifs is 2. The number of aromatic nitrogens is 5. The molecule has 0 saturated carbocycles. The summed E-state index contributed by atoms with van der Waals surface area (Å²) in [5.74, 6) is 2.57. The summed E-state index contributed by atoms with van der Waals surface area (Å²) in [4.78, 5) is 0. The lowest BCUT2D eigenvalue weighted by molar-refractivity contribution is 0.297. The quantitative estimate of drug-likeness (QED) is 0.684. The maximum Gasteiger partial charge on any atom is 0.182 e. The Labute approximate surface area is 122 Å². The Morgan fingerprint density at radius 2 is 2.05 bits per heavy atom. The van der Waals surface area contributed by atoms with E-state index >= 15 is 0 Å². The Kier molecular flexibility index (Phi) is 2.57. The van der Waals surface area contributed by atoms with Crippen LogP contribution in [0, 0.1) is 6.92 Å². The minimum Gasteiger partial charge on any atom is -0.485 e. The van der Waals surface area contributed by atoms with Gasteiger partial charge in [0, 0.05) is 12.6 Å². The van der Waals surface area contributed by atoms with Gasteiger partial charge in [0.1, 0.15) is 18.1 Å². The molecular formula is C15H15N5O. The second kappa shape index (κ2) is 4.44. The highest BCUT2D eigenvalue weighted by molar-refractivity contribution is 5.51. The Hall–Kier alpha value is -2.63. The zero-order valence-electron chi connectivity index (χ0n) is 11.9. The number of benzene rings is 1. The second-order valence-corrected chi connectivity index (χ2v) is 5.22. The van der Waals surface area contributed by atoms with Crippen LogP contribution in [-0.4, -0.2) is 24.5 Å². The first-order valence-corrected chi connectivity index (χ1v) is 6.86. The second-order valence-electron chi connectivity index (χ2n) is 5.22. The summed E-state index contributed by atoms with van der Waals surface area (Å²) in [6, 6.07) is 10.1. The van der Waals surface area contributed by atoms with Crippen LogP contribution in [0.15, 0.2) is 30.3 Å². The largest absolute Gasteiger partial charge is 0.485 e. The standard InChI is InChI=1S/C15H15N5O/c1-10-7-12(19(2)18-10)15-17-16-14-9-21-13-6-4-3-5-11(13)8-20(14)15/h3-7H,8-9H2,1-2H3. The molecular weight excluding hydrogens is 266 g/mol. The summed E-state index contributed by atoms with van der Waals surface area (Å²) >= 11 is 0. The van der Waals surface area contributed by atoms with Crippen LogP contribution in [0.4, 0.5) is 0 Å². The molecule has 0 atom stereocenters. The van der Waals surface area contributed by atoms with Crippen LogP contribution < -0.4 is 4.74 Å². The highest BCUT2D eigenvalue weighted by Crippen LogP contribution is 2.27. The van der Waals surface area contributed by atoms with E-state index in [0.29, 0.717) is 13.2 Å². The summed E-state index contributed by atoms with van der Waals surface area (Å²) < 4.78 is 9.75. The Morgan fingerprint density at radius 1 is 1.19 bits per heavy atom. The van der Waals surface area contributed by atoms with Crippen molar-refractivity contribution < 1.29 is 4.74 Å². The van der Waals surface area contributed by atoms with Gasteiger partial charge < -0.3 is 9.30 Å². The highest BCUT2D eigenvalue weighted by atomic mass is 16.5. The van der Waals surface area contributed by atoms with Gasteiger partial charge >= 0.3 is 0 Å². The average Bonchev–Trinajstić information content (AvgIpc) is 2.95. The molecule has 0 spiro atoms. The molecule has 0 N–H and O–H groups in total. The maximum absolute atomic E-state index is 5.81. The van der Waals surface area contributed by atoms with Gasteiger partial charge in [0.25, 0.3) is 0 Å². The van der Waals surface area contributed by atoms with Crippen molar-refractivity contribution in [3.8, 4) is 17.3 Å². The molecule has 6 heteroatoms. The van der Waals surface area contributed by atoms with E-state index in [-0.39, 0.29) is 0 Å². The lowest BCUT2D eigenvalue weighted by Crippen LogP contribution is -2.07. The van der Waals surface area contributed by atoms with E-state index in [4.69, 9.17) is 4.74 Å². The average molecular weight is 281 g/mol. The van der Waals surface area contributed by atoms with E-state index in [1.807, 2.05) is 42.9 Å². The lowest BCUT2D eigenvalue weighted by Gasteiger charge is -2.07. The molecule has 21 heavy (non-hydrogen) atoms. The van der Waals surface area contributed by atoms with Crippen molar-refractivity contribution in [2.75, 3.05) is 0 Å². The van der Waals surface area contributed by atoms with Gasteiger partial charge in [-0.3, -0.25) is 4.68 Å². The molecule has 4 rings (SSSR count). The molecule has 3 heterocycles. The van der Waals surface area contributed by atoms with Crippen LogP contribution in [-0.2, 0) is 20.2 Å². The molecule has 0 unspecified atom stereocenters. The molecule has 1 aromatic carbocycles. The van der Waals surface area contributed by atoms with Gasteiger partial charge in [0.15, 0.2) is 11.6 Å². The number of para-hydroxylation sites is 1. The van der Waals surface area contributed by atoms with Crippen molar-refractivity contribution in [2.45, 2.75) is 20.1 Å². The third kappa shape index (κ3) is 1.91. The highest BCUT2D eigenvalue weighted by Gasteiger charge is 2.21.